The Morgan fingerprint density at radius 1 is 1.08 bits per heavy atom. The first-order valence-corrected chi connectivity index (χ1v) is 8.87. The lowest BCUT2D eigenvalue weighted by Crippen LogP contribution is -2.07. The molecule has 3 rings (SSSR count). The second-order valence-corrected chi connectivity index (χ2v) is 6.35. The first-order chi connectivity index (χ1) is 12.7. The van der Waals surface area contributed by atoms with E-state index in [1.54, 1.807) is 43.2 Å². The predicted octanol–water partition coefficient (Wildman–Crippen LogP) is 2.71. The topological polar surface area (TPSA) is 79.1 Å². The van der Waals surface area contributed by atoms with Gasteiger partial charge in [0.15, 0.2) is 5.78 Å². The highest BCUT2D eigenvalue weighted by Gasteiger charge is 2.12. The molecule has 1 aromatic heterocycles. The lowest BCUT2D eigenvalue weighted by molar-refractivity contribution is 0.102. The Morgan fingerprint density at radius 2 is 1.85 bits per heavy atom. The summed E-state index contributed by atoms with van der Waals surface area (Å²) in [5.41, 5.74) is 1.64. The first kappa shape index (κ1) is 17.9. The van der Waals surface area contributed by atoms with Gasteiger partial charge in [0.1, 0.15) is 11.5 Å². The van der Waals surface area contributed by atoms with E-state index in [9.17, 15) is 4.79 Å². The zero-order valence-corrected chi connectivity index (χ0v) is 15.3. The highest BCUT2D eigenvalue weighted by atomic mass is 32.2. The number of thioether (sulfide) groups is 1. The van der Waals surface area contributed by atoms with Gasteiger partial charge in [-0.2, -0.15) is 0 Å². The summed E-state index contributed by atoms with van der Waals surface area (Å²) in [6.07, 6.45) is 0. The van der Waals surface area contributed by atoms with Crippen LogP contribution in [0.15, 0.2) is 53.7 Å². The number of rotatable bonds is 8. The molecule has 0 aliphatic carbocycles. The summed E-state index contributed by atoms with van der Waals surface area (Å²) in [4.78, 5) is 12.4. The number of Topliss-reactive ketones (excluding diaryl/α,β-unsaturated/α-hetero) is 1. The number of hydrogen-bond donors (Lipinski definition) is 0. The second kappa shape index (κ2) is 8.48. The van der Waals surface area contributed by atoms with Gasteiger partial charge in [-0.3, -0.25) is 4.79 Å². The molecular formula is C18H18N4O3S. The van der Waals surface area contributed by atoms with Gasteiger partial charge in [0, 0.05) is 5.56 Å². The maximum absolute atomic E-state index is 12.4. The fraction of sp³-hybridized carbons (Fsp3) is 0.222. The van der Waals surface area contributed by atoms with Gasteiger partial charge in [-0.25, -0.2) is 4.68 Å². The number of benzene rings is 2. The van der Waals surface area contributed by atoms with E-state index in [0.717, 1.165) is 11.3 Å². The summed E-state index contributed by atoms with van der Waals surface area (Å²) in [6.45, 7) is 0.521. The minimum absolute atomic E-state index is 0.00658. The molecule has 0 amide bonds. The maximum Gasteiger partial charge on any atom is 0.210 e. The van der Waals surface area contributed by atoms with Crippen LogP contribution in [-0.2, 0) is 6.54 Å². The zero-order valence-electron chi connectivity index (χ0n) is 14.5. The average molecular weight is 370 g/mol. The molecule has 3 aromatic rings. The van der Waals surface area contributed by atoms with Crippen molar-refractivity contribution >= 4 is 17.5 Å². The highest BCUT2D eigenvalue weighted by Crippen LogP contribution is 2.20. The molecule has 0 unspecified atom stereocenters. The van der Waals surface area contributed by atoms with Crippen molar-refractivity contribution in [3.63, 3.8) is 0 Å². The van der Waals surface area contributed by atoms with E-state index in [4.69, 9.17) is 9.47 Å². The number of ketones is 1. The highest BCUT2D eigenvalue weighted by molar-refractivity contribution is 7.99. The molecule has 0 aliphatic heterocycles. The van der Waals surface area contributed by atoms with Crippen LogP contribution in [0.5, 0.6) is 11.5 Å². The van der Waals surface area contributed by atoms with Gasteiger partial charge in [-0.15, -0.1) is 5.10 Å². The van der Waals surface area contributed by atoms with Gasteiger partial charge in [-0.1, -0.05) is 36.0 Å². The van der Waals surface area contributed by atoms with Crippen LogP contribution in [-0.4, -0.2) is 46.0 Å². The largest absolute Gasteiger partial charge is 0.497 e. The third-order valence-electron chi connectivity index (χ3n) is 3.71. The number of aromatic nitrogens is 4. The van der Waals surface area contributed by atoms with Crippen molar-refractivity contribution in [1.29, 1.82) is 0 Å². The second-order valence-electron chi connectivity index (χ2n) is 5.41. The fourth-order valence-electron chi connectivity index (χ4n) is 2.31. The van der Waals surface area contributed by atoms with Gasteiger partial charge in [-0.05, 0) is 40.3 Å². The molecule has 0 aliphatic rings. The van der Waals surface area contributed by atoms with Gasteiger partial charge < -0.3 is 9.47 Å². The SMILES string of the molecule is COc1ccc(Cn2nnnc2SCC(=O)c2cccc(OC)c2)cc1. The molecular weight excluding hydrogens is 352 g/mol. The number of nitrogens with zero attached hydrogens (tertiary/aromatic N) is 4. The fourth-order valence-corrected chi connectivity index (χ4v) is 3.08. The normalized spacial score (nSPS) is 10.5. The minimum atomic E-state index is -0.00658. The number of carbonyl (C=O) groups is 1. The van der Waals surface area contributed by atoms with Crippen LogP contribution in [0.25, 0.3) is 0 Å². The molecule has 0 fully saturated rings. The third-order valence-corrected chi connectivity index (χ3v) is 4.67. The molecule has 26 heavy (non-hydrogen) atoms. The van der Waals surface area contributed by atoms with Gasteiger partial charge in [0.2, 0.25) is 5.16 Å². The van der Waals surface area contributed by atoms with Crippen LogP contribution in [0.3, 0.4) is 0 Å². The van der Waals surface area contributed by atoms with Crippen LogP contribution in [0.1, 0.15) is 15.9 Å². The van der Waals surface area contributed by atoms with Crippen LogP contribution in [0.4, 0.5) is 0 Å². The van der Waals surface area contributed by atoms with Crippen molar-refractivity contribution < 1.29 is 14.3 Å². The molecule has 134 valence electrons. The molecule has 0 radical (unpaired) electrons. The van der Waals surface area contributed by atoms with Crippen LogP contribution in [0.2, 0.25) is 0 Å². The predicted molar refractivity (Wildman–Crippen MR) is 98.0 cm³/mol. The number of carbonyl (C=O) groups excluding carboxylic acids is 1. The first-order valence-electron chi connectivity index (χ1n) is 7.88. The standard InChI is InChI=1S/C18H18N4O3S/c1-24-15-8-6-13(7-9-15)11-22-18(19-20-21-22)26-12-17(23)14-4-3-5-16(10-14)25-2/h3-10H,11-12H2,1-2H3. The molecule has 2 aromatic carbocycles. The summed E-state index contributed by atoms with van der Waals surface area (Å²) in [5.74, 6) is 1.69. The molecule has 0 saturated heterocycles. The number of ether oxygens (including phenoxy) is 2. The van der Waals surface area contributed by atoms with Crippen molar-refractivity contribution in [2.24, 2.45) is 0 Å². The Morgan fingerprint density at radius 3 is 2.58 bits per heavy atom. The Kier molecular flexibility index (Phi) is 5.85. The van der Waals surface area contributed by atoms with Crippen molar-refractivity contribution in [3.8, 4) is 11.5 Å². The Bertz CT molecular complexity index is 880. The summed E-state index contributed by atoms with van der Waals surface area (Å²) >= 11 is 1.31. The molecule has 1 heterocycles. The van der Waals surface area contributed by atoms with Gasteiger partial charge in [0.05, 0.1) is 26.5 Å². The van der Waals surface area contributed by atoms with Gasteiger partial charge >= 0.3 is 0 Å². The van der Waals surface area contributed by atoms with Crippen molar-refractivity contribution in [1.82, 2.24) is 20.2 Å². The average Bonchev–Trinajstić information content (AvgIpc) is 3.13. The number of tetrazole rings is 1. The van der Waals surface area contributed by atoms with E-state index < -0.39 is 0 Å². The lowest BCUT2D eigenvalue weighted by atomic mass is 10.1. The van der Waals surface area contributed by atoms with E-state index in [-0.39, 0.29) is 11.5 Å². The quantitative estimate of drug-likeness (QED) is 0.445. The summed E-state index contributed by atoms with van der Waals surface area (Å²) in [7, 11) is 3.20. The van der Waals surface area contributed by atoms with E-state index in [1.165, 1.54) is 11.8 Å². The summed E-state index contributed by atoms with van der Waals surface area (Å²) in [6, 6.07) is 14.8. The molecule has 7 nitrogen and oxygen atoms in total. The smallest absolute Gasteiger partial charge is 0.210 e. The molecule has 0 spiro atoms. The van der Waals surface area contributed by atoms with E-state index in [1.807, 2.05) is 24.3 Å². The Labute approximate surface area is 155 Å². The van der Waals surface area contributed by atoms with Crippen molar-refractivity contribution in [3.05, 3.63) is 59.7 Å². The minimum Gasteiger partial charge on any atom is -0.497 e. The van der Waals surface area contributed by atoms with Crippen LogP contribution in [0, 0.1) is 0 Å². The lowest BCUT2D eigenvalue weighted by Gasteiger charge is -2.06. The Hall–Kier alpha value is -2.87. The third kappa shape index (κ3) is 4.40. The molecule has 8 heteroatoms. The summed E-state index contributed by atoms with van der Waals surface area (Å²) in [5, 5.41) is 12.3. The molecule has 0 bridgehead atoms. The van der Waals surface area contributed by atoms with E-state index in [2.05, 4.69) is 15.5 Å². The van der Waals surface area contributed by atoms with Gasteiger partial charge in [0.25, 0.3) is 0 Å². The molecule has 0 N–H and O–H groups in total. The summed E-state index contributed by atoms with van der Waals surface area (Å²) < 4.78 is 12.0. The van der Waals surface area contributed by atoms with E-state index in [0.29, 0.717) is 23.0 Å². The maximum atomic E-state index is 12.4. The van der Waals surface area contributed by atoms with Crippen LogP contribution >= 0.6 is 11.8 Å². The monoisotopic (exact) mass is 370 g/mol. The Balaban J connectivity index is 1.63. The van der Waals surface area contributed by atoms with Crippen molar-refractivity contribution in [2.45, 2.75) is 11.7 Å². The molecule has 0 saturated carbocycles. The zero-order chi connectivity index (χ0) is 18.4. The molecule has 0 atom stereocenters. The van der Waals surface area contributed by atoms with E-state index >= 15 is 0 Å². The number of hydrogen-bond acceptors (Lipinski definition) is 7. The number of methoxy groups -OCH3 is 2. The van der Waals surface area contributed by atoms with Crippen LogP contribution < -0.4 is 9.47 Å². The van der Waals surface area contributed by atoms with Crippen molar-refractivity contribution in [2.75, 3.05) is 20.0 Å².